The molecular weight excluding hydrogens is 440 g/mol. The maximum absolute atomic E-state index is 12.1. The van der Waals surface area contributed by atoms with Crippen LogP contribution in [0.3, 0.4) is 0 Å². The molecule has 35 heavy (non-hydrogen) atoms. The van der Waals surface area contributed by atoms with E-state index >= 15 is 0 Å². The molecule has 7 nitrogen and oxygen atoms in total. The monoisotopic (exact) mass is 468 g/mol. The Bertz CT molecular complexity index is 1240. The topological polar surface area (TPSA) is 95.7 Å². The molecule has 0 heterocycles. The Morgan fingerprint density at radius 1 is 1.11 bits per heavy atom. The van der Waals surface area contributed by atoms with Gasteiger partial charge >= 0.3 is 6.03 Å². The van der Waals surface area contributed by atoms with Crippen LogP contribution in [0, 0.1) is 18.3 Å². The summed E-state index contributed by atoms with van der Waals surface area (Å²) in [6, 6.07) is 20.2. The highest BCUT2D eigenvalue weighted by molar-refractivity contribution is 5.90. The average Bonchev–Trinajstić information content (AvgIpc) is 2.85. The predicted molar refractivity (Wildman–Crippen MR) is 138 cm³/mol. The number of rotatable bonds is 10. The van der Waals surface area contributed by atoms with Crippen LogP contribution in [0.1, 0.15) is 34.7 Å². The Morgan fingerprint density at radius 3 is 2.60 bits per heavy atom. The number of allylic oxidation sites excluding steroid dienone is 1. The molecule has 3 aromatic rings. The summed E-state index contributed by atoms with van der Waals surface area (Å²) in [6.45, 7) is 8.37. The maximum Gasteiger partial charge on any atom is 0.339 e. The molecule has 0 saturated carbocycles. The summed E-state index contributed by atoms with van der Waals surface area (Å²) in [6.07, 6.45) is 3.85. The van der Waals surface area contributed by atoms with Crippen molar-refractivity contribution in [2.45, 2.75) is 26.9 Å². The van der Waals surface area contributed by atoms with Crippen molar-refractivity contribution in [3.8, 4) is 17.6 Å². The smallest absolute Gasteiger partial charge is 0.339 e. The number of nitrogens with zero attached hydrogens (tertiary/aromatic N) is 2. The van der Waals surface area contributed by atoms with E-state index in [0.717, 1.165) is 22.3 Å². The number of amides is 2. The van der Waals surface area contributed by atoms with Gasteiger partial charge in [-0.15, -0.1) is 6.58 Å². The van der Waals surface area contributed by atoms with E-state index in [-0.39, 0.29) is 6.61 Å². The summed E-state index contributed by atoms with van der Waals surface area (Å²) in [7, 11) is 0. The van der Waals surface area contributed by atoms with Gasteiger partial charge in [-0.3, -0.25) is 0 Å². The van der Waals surface area contributed by atoms with Gasteiger partial charge in [0.2, 0.25) is 0 Å². The molecule has 0 radical (unpaired) electrons. The van der Waals surface area contributed by atoms with Crippen LogP contribution in [0.25, 0.3) is 0 Å². The zero-order valence-electron chi connectivity index (χ0n) is 19.9. The minimum absolute atomic E-state index is 0.224. The second-order valence-corrected chi connectivity index (χ2v) is 7.68. The molecule has 0 aliphatic rings. The number of aryl methyl sites for hydroxylation is 1. The largest absolute Gasteiger partial charge is 0.490 e. The number of hydrazone groups is 1. The molecule has 0 aromatic heterocycles. The summed E-state index contributed by atoms with van der Waals surface area (Å²) < 4.78 is 12.0. The van der Waals surface area contributed by atoms with Gasteiger partial charge in [0.15, 0.2) is 11.5 Å². The summed E-state index contributed by atoms with van der Waals surface area (Å²) in [5.41, 5.74) is 7.18. The highest BCUT2D eigenvalue weighted by Crippen LogP contribution is 2.34. The van der Waals surface area contributed by atoms with Crippen molar-refractivity contribution in [3.63, 3.8) is 0 Å². The summed E-state index contributed by atoms with van der Waals surface area (Å²) in [5.74, 6) is 1.13. The van der Waals surface area contributed by atoms with E-state index < -0.39 is 6.03 Å². The van der Waals surface area contributed by atoms with Gasteiger partial charge < -0.3 is 14.8 Å². The first kappa shape index (κ1) is 25.1. The zero-order chi connectivity index (χ0) is 25.0. The van der Waals surface area contributed by atoms with Gasteiger partial charge in [0.1, 0.15) is 6.61 Å². The van der Waals surface area contributed by atoms with Crippen molar-refractivity contribution < 1.29 is 14.3 Å². The van der Waals surface area contributed by atoms with E-state index in [2.05, 4.69) is 28.5 Å². The van der Waals surface area contributed by atoms with Gasteiger partial charge in [-0.05, 0) is 56.2 Å². The SMILES string of the molecule is C=CCc1cc(/C=N/NC(=O)Nc2ccc(C)cc2)cc(OCC)c1OCc1ccccc1C#N. The molecule has 178 valence electrons. The minimum atomic E-state index is -0.447. The summed E-state index contributed by atoms with van der Waals surface area (Å²) in [5, 5.41) is 16.1. The third-order valence-electron chi connectivity index (χ3n) is 5.02. The van der Waals surface area contributed by atoms with E-state index in [1.807, 2.05) is 62.4 Å². The number of nitriles is 1. The highest BCUT2D eigenvalue weighted by atomic mass is 16.5. The molecule has 0 atom stereocenters. The molecule has 0 aliphatic heterocycles. The lowest BCUT2D eigenvalue weighted by Crippen LogP contribution is -2.24. The van der Waals surface area contributed by atoms with E-state index in [1.165, 1.54) is 0 Å². The fourth-order valence-corrected chi connectivity index (χ4v) is 3.36. The standard InChI is InChI=1S/C28H28N4O3/c1-4-8-22-15-21(18-30-32-28(33)31-25-13-11-20(3)12-14-25)16-26(34-5-2)27(22)35-19-24-10-7-6-9-23(24)17-29/h4,6-7,9-16,18H,1,5,8,19H2,2-3H3,(H2,31,32,33)/b30-18+. The van der Waals surface area contributed by atoms with Gasteiger partial charge in [-0.25, -0.2) is 10.2 Å². The molecule has 0 unspecified atom stereocenters. The van der Waals surface area contributed by atoms with Crippen LogP contribution in [0.2, 0.25) is 0 Å². The molecule has 3 rings (SSSR count). The Kier molecular flexibility index (Phi) is 9.03. The number of urea groups is 1. The first-order chi connectivity index (χ1) is 17.0. The summed E-state index contributed by atoms with van der Waals surface area (Å²) in [4.78, 5) is 12.1. The van der Waals surface area contributed by atoms with Crippen LogP contribution in [-0.2, 0) is 13.0 Å². The van der Waals surface area contributed by atoms with Crippen LogP contribution in [-0.4, -0.2) is 18.9 Å². The normalized spacial score (nSPS) is 10.4. The van der Waals surface area contributed by atoms with Crippen molar-refractivity contribution in [2.75, 3.05) is 11.9 Å². The van der Waals surface area contributed by atoms with Crippen LogP contribution >= 0.6 is 0 Å². The third-order valence-corrected chi connectivity index (χ3v) is 5.02. The number of carbonyl (C=O) groups excluding carboxylic acids is 1. The van der Waals surface area contributed by atoms with Crippen LogP contribution < -0.4 is 20.2 Å². The van der Waals surface area contributed by atoms with Crippen LogP contribution in [0.4, 0.5) is 10.5 Å². The van der Waals surface area contributed by atoms with Crippen molar-refractivity contribution in [3.05, 3.63) is 101 Å². The molecule has 0 saturated heterocycles. The predicted octanol–water partition coefficient (Wildman–Crippen LogP) is 5.73. The van der Waals surface area contributed by atoms with Gasteiger partial charge in [0.05, 0.1) is 24.5 Å². The molecule has 0 spiro atoms. The first-order valence-corrected chi connectivity index (χ1v) is 11.2. The summed E-state index contributed by atoms with van der Waals surface area (Å²) >= 11 is 0. The molecule has 7 heteroatoms. The van der Waals surface area contributed by atoms with Crippen molar-refractivity contribution in [2.24, 2.45) is 5.10 Å². The van der Waals surface area contributed by atoms with Crippen LogP contribution in [0.15, 0.2) is 78.4 Å². The Hall–Kier alpha value is -4.57. The minimum Gasteiger partial charge on any atom is -0.490 e. The van der Waals surface area contributed by atoms with E-state index in [4.69, 9.17) is 9.47 Å². The number of benzene rings is 3. The Labute approximate surface area is 205 Å². The van der Waals surface area contributed by atoms with Gasteiger partial charge in [-0.1, -0.05) is 42.0 Å². The molecule has 2 N–H and O–H groups in total. The lowest BCUT2D eigenvalue weighted by molar-refractivity contribution is 0.252. The van der Waals surface area contributed by atoms with Crippen molar-refractivity contribution >= 4 is 17.9 Å². The average molecular weight is 469 g/mol. The number of nitrogens with one attached hydrogen (secondary N) is 2. The number of hydrogen-bond donors (Lipinski definition) is 2. The molecular formula is C28H28N4O3. The fourth-order valence-electron chi connectivity index (χ4n) is 3.36. The lowest BCUT2D eigenvalue weighted by Gasteiger charge is -2.17. The van der Waals surface area contributed by atoms with E-state index in [1.54, 1.807) is 24.4 Å². The van der Waals surface area contributed by atoms with E-state index in [9.17, 15) is 10.1 Å². The lowest BCUT2D eigenvalue weighted by atomic mass is 10.1. The zero-order valence-corrected chi connectivity index (χ0v) is 19.9. The molecule has 0 fully saturated rings. The Balaban J connectivity index is 1.77. The molecule has 3 aromatic carbocycles. The number of ether oxygens (including phenoxy) is 2. The second-order valence-electron chi connectivity index (χ2n) is 7.68. The fraction of sp³-hybridized carbons (Fsp3) is 0.179. The number of hydrogen-bond acceptors (Lipinski definition) is 5. The van der Waals surface area contributed by atoms with Gasteiger partial charge in [0, 0.05) is 16.8 Å². The van der Waals surface area contributed by atoms with Gasteiger partial charge in [-0.2, -0.15) is 10.4 Å². The number of anilines is 1. The molecule has 0 aliphatic carbocycles. The Morgan fingerprint density at radius 2 is 1.89 bits per heavy atom. The van der Waals surface area contributed by atoms with Crippen molar-refractivity contribution in [1.29, 1.82) is 5.26 Å². The quantitative estimate of drug-likeness (QED) is 0.226. The number of carbonyl (C=O) groups is 1. The second kappa shape index (κ2) is 12.6. The molecule has 0 bridgehead atoms. The first-order valence-electron chi connectivity index (χ1n) is 11.2. The van der Waals surface area contributed by atoms with Crippen molar-refractivity contribution in [1.82, 2.24) is 5.43 Å². The highest BCUT2D eigenvalue weighted by Gasteiger charge is 2.14. The molecule has 2 amide bonds. The van der Waals surface area contributed by atoms with Gasteiger partial charge in [0.25, 0.3) is 0 Å². The van der Waals surface area contributed by atoms with Crippen LogP contribution in [0.5, 0.6) is 11.5 Å². The maximum atomic E-state index is 12.1. The van der Waals surface area contributed by atoms with E-state index in [0.29, 0.717) is 35.8 Å². The third kappa shape index (κ3) is 7.21.